The van der Waals surface area contributed by atoms with Crippen LogP contribution < -0.4 is 21.3 Å². The van der Waals surface area contributed by atoms with E-state index in [1.165, 1.54) is 6.33 Å². The lowest BCUT2D eigenvalue weighted by molar-refractivity contribution is 0.414. The van der Waals surface area contributed by atoms with Crippen LogP contribution in [-0.4, -0.2) is 32.3 Å². The Kier molecular flexibility index (Phi) is 6.53. The normalized spacial score (nSPS) is 11.9. The molecule has 0 spiro atoms. The van der Waals surface area contributed by atoms with Gasteiger partial charge in [0, 0.05) is 12.1 Å². The Labute approximate surface area is 197 Å². The van der Waals surface area contributed by atoms with Gasteiger partial charge >= 0.3 is 0 Å². The van der Waals surface area contributed by atoms with E-state index in [9.17, 15) is 4.79 Å². The summed E-state index contributed by atoms with van der Waals surface area (Å²) in [6, 6.07) is 14.1. The van der Waals surface area contributed by atoms with Gasteiger partial charge in [0.25, 0.3) is 5.56 Å². The fraction of sp³-hybridized carbons (Fsp3) is 0.240. The Morgan fingerprint density at radius 1 is 1.21 bits per heavy atom. The molecule has 0 fully saturated rings. The van der Waals surface area contributed by atoms with Gasteiger partial charge in [0.05, 0.1) is 35.3 Å². The molecule has 0 radical (unpaired) electrons. The second-order valence-corrected chi connectivity index (χ2v) is 7.90. The van der Waals surface area contributed by atoms with E-state index in [1.807, 2.05) is 32.0 Å². The maximum Gasteiger partial charge on any atom is 0.261 e. The van der Waals surface area contributed by atoms with Crippen molar-refractivity contribution in [1.29, 1.82) is 5.41 Å². The highest BCUT2D eigenvalue weighted by Gasteiger charge is 2.21. The van der Waals surface area contributed by atoms with Crippen molar-refractivity contribution >= 4 is 28.3 Å². The molecule has 9 nitrogen and oxygen atoms in total. The summed E-state index contributed by atoms with van der Waals surface area (Å²) in [5.74, 6) is 1.78. The zero-order chi connectivity index (χ0) is 24.2. The monoisotopic (exact) mass is 457 g/mol. The summed E-state index contributed by atoms with van der Waals surface area (Å²) in [5, 5.41) is 12.7. The Bertz CT molecular complexity index is 1410. The van der Waals surface area contributed by atoms with Gasteiger partial charge < -0.3 is 15.8 Å². The third kappa shape index (κ3) is 4.32. The van der Waals surface area contributed by atoms with E-state index in [0.717, 1.165) is 6.42 Å². The maximum absolute atomic E-state index is 13.2. The van der Waals surface area contributed by atoms with Gasteiger partial charge in [0.15, 0.2) is 0 Å². The molecule has 0 aliphatic heterocycles. The van der Waals surface area contributed by atoms with Crippen LogP contribution in [0.1, 0.15) is 43.3 Å². The third-order valence-electron chi connectivity index (χ3n) is 5.56. The van der Waals surface area contributed by atoms with Crippen molar-refractivity contribution in [2.75, 3.05) is 18.2 Å². The zero-order valence-corrected chi connectivity index (χ0v) is 19.4. The Balaban J connectivity index is 1.76. The Morgan fingerprint density at radius 2 is 2.00 bits per heavy atom. The number of nitrogen functional groups attached to an aromatic ring is 1. The number of aromatic nitrogens is 4. The number of nitrogens with zero attached hydrogens (tertiary/aromatic N) is 4. The topological polar surface area (TPSA) is 132 Å². The lowest BCUT2D eigenvalue weighted by Gasteiger charge is -2.21. The molecule has 4 N–H and O–H groups in total. The summed E-state index contributed by atoms with van der Waals surface area (Å²) in [4.78, 5) is 26.4. The van der Waals surface area contributed by atoms with Crippen molar-refractivity contribution in [3.8, 4) is 5.75 Å². The number of hydrogen-bond donors (Lipinski definition) is 3. The number of benzene rings is 2. The number of para-hydroxylation sites is 1. The highest BCUT2D eigenvalue weighted by molar-refractivity contribution is 6.16. The molecule has 1 atom stereocenters. The Hall–Kier alpha value is -4.27. The number of anilines is 2. The van der Waals surface area contributed by atoms with Gasteiger partial charge in [-0.05, 0) is 37.6 Å². The second-order valence-electron chi connectivity index (χ2n) is 7.90. The van der Waals surface area contributed by atoms with E-state index in [1.54, 1.807) is 42.0 Å². The molecule has 0 saturated heterocycles. The predicted molar refractivity (Wildman–Crippen MR) is 134 cm³/mol. The molecule has 0 amide bonds. The second kappa shape index (κ2) is 9.70. The van der Waals surface area contributed by atoms with Crippen molar-refractivity contribution < 1.29 is 4.74 Å². The number of nitrogens with two attached hydrogens (primary N) is 1. The molecule has 0 aliphatic rings. The molecular weight excluding hydrogens is 430 g/mol. The largest absolute Gasteiger partial charge is 0.497 e. The predicted octanol–water partition coefficient (Wildman–Crippen LogP) is 3.78. The van der Waals surface area contributed by atoms with Crippen LogP contribution in [0, 0.1) is 5.41 Å². The Morgan fingerprint density at radius 3 is 2.76 bits per heavy atom. The standard InChI is InChI=1S/C25H27N7O2/c1-4-12-32-24(31-19-11-6-5-10-18(19)25(32)33)15(2)30-23-20(22(27)28-14-29-23)21(26)16-8-7-9-17(13-16)34-3/h5-11,13-15,26H,4,12H2,1-3H3,(H3,27,28,29,30). The minimum Gasteiger partial charge on any atom is -0.497 e. The first-order valence-electron chi connectivity index (χ1n) is 11.0. The molecular formula is C25H27N7O2. The summed E-state index contributed by atoms with van der Waals surface area (Å²) in [5.41, 5.74) is 7.88. The number of nitrogens with one attached hydrogen (secondary N) is 2. The first kappa shape index (κ1) is 22.9. The minimum absolute atomic E-state index is 0.0809. The van der Waals surface area contributed by atoms with Crippen LogP contribution in [0.25, 0.3) is 10.9 Å². The van der Waals surface area contributed by atoms with E-state index in [-0.39, 0.29) is 17.1 Å². The van der Waals surface area contributed by atoms with Gasteiger partial charge in [0.2, 0.25) is 0 Å². The van der Waals surface area contributed by atoms with Gasteiger partial charge in [-0.3, -0.25) is 14.8 Å². The van der Waals surface area contributed by atoms with Crippen molar-refractivity contribution in [2.24, 2.45) is 0 Å². The van der Waals surface area contributed by atoms with Crippen molar-refractivity contribution in [3.63, 3.8) is 0 Å². The average molecular weight is 458 g/mol. The van der Waals surface area contributed by atoms with E-state index < -0.39 is 6.04 Å². The number of rotatable bonds is 8. The van der Waals surface area contributed by atoms with Crippen molar-refractivity contribution in [3.05, 3.63) is 82.2 Å². The van der Waals surface area contributed by atoms with E-state index in [2.05, 4.69) is 15.3 Å². The van der Waals surface area contributed by atoms with Crippen LogP contribution in [0.2, 0.25) is 0 Å². The van der Waals surface area contributed by atoms with Gasteiger partial charge in [-0.2, -0.15) is 0 Å². The summed E-state index contributed by atoms with van der Waals surface area (Å²) in [6.07, 6.45) is 2.13. The number of ether oxygens (including phenoxy) is 1. The van der Waals surface area contributed by atoms with Crippen LogP contribution >= 0.6 is 0 Å². The van der Waals surface area contributed by atoms with Crippen LogP contribution in [-0.2, 0) is 6.54 Å². The minimum atomic E-state index is -0.394. The van der Waals surface area contributed by atoms with Gasteiger partial charge in [0.1, 0.15) is 29.5 Å². The fourth-order valence-electron chi connectivity index (χ4n) is 3.90. The summed E-state index contributed by atoms with van der Waals surface area (Å²) >= 11 is 0. The van der Waals surface area contributed by atoms with Gasteiger partial charge in [-0.1, -0.05) is 31.2 Å². The molecule has 0 aliphatic carbocycles. The molecule has 4 rings (SSSR count). The molecule has 0 bridgehead atoms. The molecule has 9 heteroatoms. The van der Waals surface area contributed by atoms with Crippen molar-refractivity contribution in [1.82, 2.24) is 19.5 Å². The van der Waals surface area contributed by atoms with Crippen LogP contribution in [0.4, 0.5) is 11.6 Å². The number of hydrogen-bond acceptors (Lipinski definition) is 8. The number of methoxy groups -OCH3 is 1. The lowest BCUT2D eigenvalue weighted by Crippen LogP contribution is -2.29. The fourth-order valence-corrected chi connectivity index (χ4v) is 3.90. The lowest BCUT2D eigenvalue weighted by atomic mass is 10.0. The highest BCUT2D eigenvalue weighted by atomic mass is 16.5. The zero-order valence-electron chi connectivity index (χ0n) is 19.4. The number of fused-ring (bicyclic) bond motifs is 1. The van der Waals surface area contributed by atoms with E-state index >= 15 is 0 Å². The first-order valence-corrected chi connectivity index (χ1v) is 11.0. The summed E-state index contributed by atoms with van der Waals surface area (Å²) < 4.78 is 6.98. The molecule has 2 heterocycles. The van der Waals surface area contributed by atoms with Crippen LogP contribution in [0.5, 0.6) is 5.75 Å². The molecule has 174 valence electrons. The summed E-state index contributed by atoms with van der Waals surface area (Å²) in [7, 11) is 1.57. The van der Waals surface area contributed by atoms with Crippen molar-refractivity contribution in [2.45, 2.75) is 32.9 Å². The first-order chi connectivity index (χ1) is 16.4. The van der Waals surface area contributed by atoms with Gasteiger partial charge in [-0.25, -0.2) is 15.0 Å². The van der Waals surface area contributed by atoms with Crippen LogP contribution in [0.15, 0.2) is 59.7 Å². The SMILES string of the molecule is CCCn1c(C(C)Nc2ncnc(N)c2C(=N)c2cccc(OC)c2)nc2ccccc2c1=O. The average Bonchev–Trinajstić information content (AvgIpc) is 2.85. The van der Waals surface area contributed by atoms with E-state index in [4.69, 9.17) is 20.9 Å². The molecule has 0 saturated carbocycles. The van der Waals surface area contributed by atoms with Crippen LogP contribution in [0.3, 0.4) is 0 Å². The molecule has 2 aromatic heterocycles. The quantitative estimate of drug-likeness (QED) is 0.343. The summed E-state index contributed by atoms with van der Waals surface area (Å²) in [6.45, 7) is 4.46. The molecule has 34 heavy (non-hydrogen) atoms. The van der Waals surface area contributed by atoms with E-state index in [0.29, 0.717) is 46.0 Å². The molecule has 2 aromatic carbocycles. The maximum atomic E-state index is 13.2. The smallest absolute Gasteiger partial charge is 0.261 e. The molecule has 4 aromatic rings. The van der Waals surface area contributed by atoms with Gasteiger partial charge in [-0.15, -0.1) is 0 Å². The highest BCUT2D eigenvalue weighted by Crippen LogP contribution is 2.26. The molecule has 1 unspecified atom stereocenters. The third-order valence-corrected chi connectivity index (χ3v) is 5.56.